The van der Waals surface area contributed by atoms with Gasteiger partial charge in [-0.05, 0) is 13.8 Å². The van der Waals surface area contributed by atoms with Crippen molar-refractivity contribution in [3.63, 3.8) is 0 Å². The van der Waals surface area contributed by atoms with Gasteiger partial charge in [-0.2, -0.15) is 4.98 Å². The summed E-state index contributed by atoms with van der Waals surface area (Å²) in [4.78, 5) is 9.29. The van der Waals surface area contributed by atoms with Crippen molar-refractivity contribution in [3.05, 3.63) is 17.0 Å². The normalized spacial score (nSPS) is 13.0. The van der Waals surface area contributed by atoms with E-state index in [1.54, 1.807) is 12.6 Å². The van der Waals surface area contributed by atoms with E-state index in [1.165, 1.54) is 11.3 Å². The Kier molecular flexibility index (Phi) is 2.79. The van der Waals surface area contributed by atoms with Gasteiger partial charge in [-0.15, -0.1) is 11.3 Å². The molecule has 0 N–H and O–H groups in total. The fourth-order valence-electron chi connectivity index (χ4n) is 1.10. The summed E-state index contributed by atoms with van der Waals surface area (Å²) in [5, 5.41) is 3.85. The lowest BCUT2D eigenvalue weighted by molar-refractivity contribution is 0.109. The number of aromatic nitrogens is 3. The van der Waals surface area contributed by atoms with Crippen molar-refractivity contribution in [2.24, 2.45) is 0 Å². The van der Waals surface area contributed by atoms with Crippen LogP contribution in [0.3, 0.4) is 0 Å². The molecule has 2 aromatic heterocycles. The Morgan fingerprint density at radius 3 is 2.93 bits per heavy atom. The highest BCUT2D eigenvalue weighted by Crippen LogP contribution is 2.26. The number of methoxy groups -OCH3 is 1. The van der Waals surface area contributed by atoms with Crippen LogP contribution in [-0.4, -0.2) is 22.2 Å². The Balaban J connectivity index is 2.32. The maximum absolute atomic E-state index is 5.14. The van der Waals surface area contributed by atoms with Gasteiger partial charge in [0.1, 0.15) is 11.0 Å². The molecule has 0 aliphatic rings. The van der Waals surface area contributed by atoms with Gasteiger partial charge in [-0.3, -0.25) is 0 Å². The molecule has 0 aromatic carbocycles. The van der Waals surface area contributed by atoms with Crippen LogP contribution < -0.4 is 0 Å². The van der Waals surface area contributed by atoms with E-state index in [9.17, 15) is 0 Å². The zero-order valence-corrected chi connectivity index (χ0v) is 9.54. The van der Waals surface area contributed by atoms with E-state index in [1.807, 2.05) is 13.8 Å². The summed E-state index contributed by atoms with van der Waals surface area (Å²) in [6.45, 7) is 3.78. The zero-order chi connectivity index (χ0) is 10.8. The summed E-state index contributed by atoms with van der Waals surface area (Å²) in [6.07, 6.45) is -0.157. The quantitative estimate of drug-likeness (QED) is 0.801. The van der Waals surface area contributed by atoms with E-state index < -0.39 is 0 Å². The van der Waals surface area contributed by atoms with Crippen LogP contribution in [0.15, 0.2) is 10.0 Å². The summed E-state index contributed by atoms with van der Waals surface area (Å²) in [6, 6.07) is 0. The largest absolute Gasteiger partial charge is 0.374 e. The molecule has 2 aromatic rings. The molecule has 0 fully saturated rings. The standard InChI is InChI=1S/C9H11N3O2S/c1-5-7(15-4-10-5)9-11-8(12-14-9)6(2)13-3/h4,6H,1-3H3/t6-/m1/s1. The molecular formula is C9H11N3O2S. The minimum atomic E-state index is -0.157. The lowest BCUT2D eigenvalue weighted by Crippen LogP contribution is -1.97. The molecule has 2 heterocycles. The third-order valence-corrected chi connectivity index (χ3v) is 3.02. The molecule has 80 valence electrons. The van der Waals surface area contributed by atoms with Gasteiger partial charge < -0.3 is 9.26 Å². The van der Waals surface area contributed by atoms with E-state index in [0.717, 1.165) is 10.6 Å². The van der Waals surface area contributed by atoms with Crippen molar-refractivity contribution in [3.8, 4) is 10.8 Å². The number of aryl methyl sites for hydroxylation is 1. The molecule has 5 nitrogen and oxygen atoms in total. The number of rotatable bonds is 3. The van der Waals surface area contributed by atoms with E-state index >= 15 is 0 Å². The van der Waals surface area contributed by atoms with Crippen molar-refractivity contribution < 1.29 is 9.26 Å². The average molecular weight is 225 g/mol. The lowest BCUT2D eigenvalue weighted by Gasteiger charge is -2.00. The molecule has 0 radical (unpaired) electrons. The Hall–Kier alpha value is -1.27. The molecule has 0 saturated heterocycles. The number of hydrogen-bond donors (Lipinski definition) is 0. The van der Waals surface area contributed by atoms with E-state index in [2.05, 4.69) is 15.1 Å². The van der Waals surface area contributed by atoms with E-state index in [0.29, 0.717) is 11.7 Å². The predicted octanol–water partition coefficient (Wildman–Crippen LogP) is 2.21. The summed E-state index contributed by atoms with van der Waals surface area (Å²) >= 11 is 1.49. The number of hydrogen-bond acceptors (Lipinski definition) is 6. The lowest BCUT2D eigenvalue weighted by atomic mass is 10.4. The Labute approximate surface area is 91.1 Å². The van der Waals surface area contributed by atoms with Crippen molar-refractivity contribution in [1.82, 2.24) is 15.1 Å². The Bertz CT molecular complexity index is 452. The minimum Gasteiger partial charge on any atom is -0.374 e. The van der Waals surface area contributed by atoms with Crippen LogP contribution in [0.1, 0.15) is 24.5 Å². The molecule has 2 rings (SSSR count). The molecule has 0 bridgehead atoms. The number of ether oxygens (including phenoxy) is 1. The SMILES string of the molecule is CO[C@H](C)c1noc(-c2scnc2C)n1. The maximum Gasteiger partial charge on any atom is 0.270 e. The molecule has 0 aliphatic carbocycles. The Morgan fingerprint density at radius 2 is 2.33 bits per heavy atom. The van der Waals surface area contributed by atoms with Crippen LogP contribution >= 0.6 is 11.3 Å². The average Bonchev–Trinajstić information content (AvgIpc) is 2.84. The van der Waals surface area contributed by atoms with Crippen molar-refractivity contribution in [2.75, 3.05) is 7.11 Å². The second-order valence-electron chi connectivity index (χ2n) is 3.10. The highest BCUT2D eigenvalue weighted by molar-refractivity contribution is 7.13. The fourth-order valence-corrected chi connectivity index (χ4v) is 1.83. The van der Waals surface area contributed by atoms with Gasteiger partial charge >= 0.3 is 0 Å². The highest BCUT2D eigenvalue weighted by atomic mass is 32.1. The molecule has 1 atom stereocenters. The second kappa shape index (κ2) is 4.08. The van der Waals surface area contributed by atoms with Crippen LogP contribution in [0.4, 0.5) is 0 Å². The van der Waals surface area contributed by atoms with Gasteiger partial charge in [0.15, 0.2) is 0 Å². The van der Waals surface area contributed by atoms with Gasteiger partial charge in [0.25, 0.3) is 5.89 Å². The highest BCUT2D eigenvalue weighted by Gasteiger charge is 2.16. The molecule has 0 unspecified atom stereocenters. The van der Waals surface area contributed by atoms with E-state index in [-0.39, 0.29) is 6.10 Å². The zero-order valence-electron chi connectivity index (χ0n) is 8.72. The van der Waals surface area contributed by atoms with Gasteiger partial charge in [0.2, 0.25) is 5.82 Å². The van der Waals surface area contributed by atoms with Crippen LogP contribution in [-0.2, 0) is 4.74 Å². The van der Waals surface area contributed by atoms with Gasteiger partial charge in [-0.1, -0.05) is 5.16 Å². The first-order valence-corrected chi connectivity index (χ1v) is 5.37. The summed E-state index contributed by atoms with van der Waals surface area (Å²) in [5.74, 6) is 1.06. The summed E-state index contributed by atoms with van der Waals surface area (Å²) < 4.78 is 10.2. The minimum absolute atomic E-state index is 0.157. The number of thiazole rings is 1. The monoisotopic (exact) mass is 225 g/mol. The first kappa shape index (κ1) is 10.3. The van der Waals surface area contributed by atoms with E-state index in [4.69, 9.17) is 9.26 Å². The second-order valence-corrected chi connectivity index (χ2v) is 3.96. The molecule has 0 saturated carbocycles. The molecular weight excluding hydrogens is 214 g/mol. The first-order chi connectivity index (χ1) is 7.22. The van der Waals surface area contributed by atoms with Crippen LogP contribution in [0, 0.1) is 6.92 Å². The van der Waals surface area contributed by atoms with Crippen molar-refractivity contribution >= 4 is 11.3 Å². The molecule has 15 heavy (non-hydrogen) atoms. The van der Waals surface area contributed by atoms with Gasteiger partial charge in [0, 0.05) is 7.11 Å². The van der Waals surface area contributed by atoms with Gasteiger partial charge in [-0.25, -0.2) is 4.98 Å². The van der Waals surface area contributed by atoms with Gasteiger partial charge in [0.05, 0.1) is 11.2 Å². The first-order valence-electron chi connectivity index (χ1n) is 4.49. The van der Waals surface area contributed by atoms with Crippen LogP contribution in [0.25, 0.3) is 10.8 Å². The molecule has 6 heteroatoms. The third kappa shape index (κ3) is 1.91. The van der Waals surface area contributed by atoms with Crippen LogP contribution in [0.2, 0.25) is 0 Å². The predicted molar refractivity (Wildman–Crippen MR) is 55.6 cm³/mol. The number of nitrogens with zero attached hydrogens (tertiary/aromatic N) is 3. The van der Waals surface area contributed by atoms with Crippen LogP contribution in [0.5, 0.6) is 0 Å². The topological polar surface area (TPSA) is 61.0 Å². The van der Waals surface area contributed by atoms with Crippen molar-refractivity contribution in [2.45, 2.75) is 20.0 Å². The van der Waals surface area contributed by atoms with Crippen molar-refractivity contribution in [1.29, 1.82) is 0 Å². The Morgan fingerprint density at radius 1 is 1.53 bits per heavy atom. The molecule has 0 aliphatic heterocycles. The molecule has 0 amide bonds. The smallest absolute Gasteiger partial charge is 0.270 e. The third-order valence-electron chi connectivity index (χ3n) is 2.10. The molecule has 0 spiro atoms. The summed E-state index contributed by atoms with van der Waals surface area (Å²) in [7, 11) is 1.61. The fraction of sp³-hybridized carbons (Fsp3) is 0.444. The summed E-state index contributed by atoms with van der Waals surface area (Å²) in [5.41, 5.74) is 2.66. The maximum atomic E-state index is 5.14.